The van der Waals surface area contributed by atoms with E-state index in [9.17, 15) is 9.59 Å². The van der Waals surface area contributed by atoms with Crippen LogP contribution in [0.25, 0.3) is 0 Å². The van der Waals surface area contributed by atoms with Gasteiger partial charge < -0.3 is 14.2 Å². The normalized spacial score (nSPS) is 10.6. The van der Waals surface area contributed by atoms with E-state index in [4.69, 9.17) is 14.2 Å². The molecule has 0 saturated heterocycles. The third kappa shape index (κ3) is 13.2. The van der Waals surface area contributed by atoms with Crippen LogP contribution in [0, 0.1) is 0 Å². The highest BCUT2D eigenvalue weighted by Crippen LogP contribution is 2.18. The zero-order valence-electron chi connectivity index (χ0n) is 19.0. The fraction of sp³-hybridized carbons (Fsp3) is 0.680. The number of para-hydroxylation sites is 1. The summed E-state index contributed by atoms with van der Waals surface area (Å²) in [4.78, 5) is 23.6. The van der Waals surface area contributed by atoms with Gasteiger partial charge in [0, 0.05) is 5.56 Å². The van der Waals surface area contributed by atoms with Crippen molar-refractivity contribution >= 4 is 11.9 Å². The number of ether oxygens (including phenoxy) is 3. The maximum Gasteiger partial charge on any atom is 0.306 e. The molecule has 0 amide bonds. The number of carbonyl (C=O) groups is 2. The van der Waals surface area contributed by atoms with Crippen molar-refractivity contribution < 1.29 is 23.8 Å². The molecule has 0 fully saturated rings. The highest BCUT2D eigenvalue weighted by Gasteiger charge is 2.10. The van der Waals surface area contributed by atoms with Gasteiger partial charge >= 0.3 is 11.9 Å². The van der Waals surface area contributed by atoms with Crippen molar-refractivity contribution in [2.75, 3.05) is 13.7 Å². The summed E-state index contributed by atoms with van der Waals surface area (Å²) in [6.45, 7) is 2.82. The molecule has 0 aliphatic carbocycles. The number of methoxy groups -OCH3 is 1. The van der Waals surface area contributed by atoms with E-state index in [1.54, 1.807) is 7.11 Å². The first-order valence-corrected chi connectivity index (χ1v) is 11.6. The lowest BCUT2D eigenvalue weighted by Gasteiger charge is -2.09. The lowest BCUT2D eigenvalue weighted by atomic mass is 10.1. The van der Waals surface area contributed by atoms with E-state index in [-0.39, 0.29) is 25.4 Å². The molecule has 0 spiro atoms. The number of benzene rings is 1. The predicted octanol–water partition coefficient (Wildman–Crippen LogP) is 6.37. The molecule has 0 aromatic heterocycles. The summed E-state index contributed by atoms with van der Waals surface area (Å²) < 4.78 is 15.6. The molecular formula is C25H40O5. The summed E-state index contributed by atoms with van der Waals surface area (Å²) in [5.41, 5.74) is 0.799. The second kappa shape index (κ2) is 17.8. The highest BCUT2D eigenvalue weighted by molar-refractivity contribution is 5.77. The maximum absolute atomic E-state index is 11.8. The molecule has 5 heteroatoms. The Labute approximate surface area is 182 Å². The first kappa shape index (κ1) is 26.0. The standard InChI is InChI=1S/C25H40O5/c1-3-4-5-6-7-8-9-10-11-12-15-20-29-24(26)18-19-25(27)30-21-22-16-13-14-17-23(22)28-2/h13-14,16-17H,3-12,15,18-21H2,1-2H3. The van der Waals surface area contributed by atoms with Gasteiger partial charge in [-0.3, -0.25) is 9.59 Å². The molecule has 0 bridgehead atoms. The van der Waals surface area contributed by atoms with Crippen molar-refractivity contribution in [1.29, 1.82) is 0 Å². The monoisotopic (exact) mass is 420 g/mol. The average molecular weight is 421 g/mol. The van der Waals surface area contributed by atoms with Crippen LogP contribution in [0.5, 0.6) is 5.75 Å². The van der Waals surface area contributed by atoms with Crippen LogP contribution in [0.4, 0.5) is 0 Å². The molecule has 1 rings (SSSR count). The summed E-state index contributed by atoms with van der Waals surface area (Å²) in [6.07, 6.45) is 14.0. The molecule has 0 aliphatic heterocycles. The first-order valence-electron chi connectivity index (χ1n) is 11.6. The van der Waals surface area contributed by atoms with E-state index in [0.29, 0.717) is 12.4 Å². The third-order valence-corrected chi connectivity index (χ3v) is 5.13. The first-order chi connectivity index (χ1) is 14.7. The molecule has 1 aromatic rings. The second-order valence-electron chi connectivity index (χ2n) is 7.73. The van der Waals surface area contributed by atoms with Gasteiger partial charge in [-0.25, -0.2) is 0 Å². The molecule has 30 heavy (non-hydrogen) atoms. The van der Waals surface area contributed by atoms with Gasteiger partial charge in [0.1, 0.15) is 12.4 Å². The molecule has 1 aromatic carbocycles. The molecule has 0 atom stereocenters. The average Bonchev–Trinajstić information content (AvgIpc) is 2.77. The van der Waals surface area contributed by atoms with E-state index in [2.05, 4.69) is 6.92 Å². The topological polar surface area (TPSA) is 61.8 Å². The van der Waals surface area contributed by atoms with Crippen LogP contribution in [-0.2, 0) is 25.7 Å². The summed E-state index contributed by atoms with van der Waals surface area (Å²) >= 11 is 0. The SMILES string of the molecule is CCCCCCCCCCCCCOC(=O)CCC(=O)OCc1ccccc1OC. The van der Waals surface area contributed by atoms with Crippen LogP contribution >= 0.6 is 0 Å². The lowest BCUT2D eigenvalue weighted by molar-refractivity contribution is -0.151. The Morgan fingerprint density at radius 1 is 0.733 bits per heavy atom. The Bertz CT molecular complexity index is 585. The molecule has 0 radical (unpaired) electrons. The molecule has 0 N–H and O–H groups in total. The Morgan fingerprint density at radius 2 is 1.27 bits per heavy atom. The van der Waals surface area contributed by atoms with E-state index in [1.165, 1.54) is 57.8 Å². The van der Waals surface area contributed by atoms with Crippen molar-refractivity contribution in [3.8, 4) is 5.75 Å². The van der Waals surface area contributed by atoms with Crippen molar-refractivity contribution in [1.82, 2.24) is 0 Å². The number of hydrogen-bond acceptors (Lipinski definition) is 5. The summed E-state index contributed by atoms with van der Waals surface area (Å²) in [5.74, 6) is -0.0689. The number of esters is 2. The largest absolute Gasteiger partial charge is 0.496 e. The zero-order chi connectivity index (χ0) is 21.9. The third-order valence-electron chi connectivity index (χ3n) is 5.13. The van der Waals surface area contributed by atoms with Crippen molar-refractivity contribution in [2.24, 2.45) is 0 Å². The summed E-state index contributed by atoms with van der Waals surface area (Å²) in [7, 11) is 1.58. The molecule has 0 saturated carbocycles. The number of unbranched alkanes of at least 4 members (excludes halogenated alkanes) is 10. The second-order valence-corrected chi connectivity index (χ2v) is 7.73. The molecule has 5 nitrogen and oxygen atoms in total. The lowest BCUT2D eigenvalue weighted by Crippen LogP contribution is -2.11. The highest BCUT2D eigenvalue weighted by atomic mass is 16.5. The predicted molar refractivity (Wildman–Crippen MR) is 119 cm³/mol. The molecule has 0 heterocycles. The van der Waals surface area contributed by atoms with Crippen LogP contribution in [-0.4, -0.2) is 25.7 Å². The Morgan fingerprint density at radius 3 is 1.87 bits per heavy atom. The fourth-order valence-corrected chi connectivity index (χ4v) is 3.28. The van der Waals surface area contributed by atoms with E-state index >= 15 is 0 Å². The minimum absolute atomic E-state index is 0.0340. The van der Waals surface area contributed by atoms with Gasteiger partial charge in [0.05, 0.1) is 26.6 Å². The van der Waals surface area contributed by atoms with Gasteiger partial charge in [-0.15, -0.1) is 0 Å². The number of hydrogen-bond donors (Lipinski definition) is 0. The van der Waals surface area contributed by atoms with Crippen LogP contribution < -0.4 is 4.74 Å². The van der Waals surface area contributed by atoms with Crippen LogP contribution in [0.3, 0.4) is 0 Å². The maximum atomic E-state index is 11.8. The fourth-order valence-electron chi connectivity index (χ4n) is 3.28. The van der Waals surface area contributed by atoms with Crippen molar-refractivity contribution in [3.63, 3.8) is 0 Å². The minimum atomic E-state index is -0.410. The van der Waals surface area contributed by atoms with Gasteiger partial charge in [0.2, 0.25) is 0 Å². The molecule has 170 valence electrons. The van der Waals surface area contributed by atoms with Crippen molar-refractivity contribution in [3.05, 3.63) is 29.8 Å². The van der Waals surface area contributed by atoms with Gasteiger partial charge in [-0.05, 0) is 12.5 Å². The zero-order valence-corrected chi connectivity index (χ0v) is 19.0. The number of rotatable bonds is 18. The summed E-state index contributed by atoms with van der Waals surface area (Å²) in [6, 6.07) is 7.37. The van der Waals surface area contributed by atoms with Crippen molar-refractivity contribution in [2.45, 2.75) is 97.0 Å². The van der Waals surface area contributed by atoms with Gasteiger partial charge in [0.15, 0.2) is 0 Å². The smallest absolute Gasteiger partial charge is 0.306 e. The van der Waals surface area contributed by atoms with Crippen LogP contribution in [0.1, 0.15) is 96.0 Å². The Kier molecular flexibility index (Phi) is 15.4. The minimum Gasteiger partial charge on any atom is -0.496 e. The summed E-state index contributed by atoms with van der Waals surface area (Å²) in [5, 5.41) is 0. The Balaban J connectivity index is 1.95. The molecular weight excluding hydrogens is 380 g/mol. The van der Waals surface area contributed by atoms with Gasteiger partial charge in [0.25, 0.3) is 0 Å². The van der Waals surface area contributed by atoms with E-state index < -0.39 is 5.97 Å². The van der Waals surface area contributed by atoms with Gasteiger partial charge in [-0.2, -0.15) is 0 Å². The molecule has 0 unspecified atom stereocenters. The van der Waals surface area contributed by atoms with E-state index in [1.807, 2.05) is 24.3 Å². The quantitative estimate of drug-likeness (QED) is 0.204. The van der Waals surface area contributed by atoms with Crippen LogP contribution in [0.15, 0.2) is 24.3 Å². The Hall–Kier alpha value is -2.04. The molecule has 0 aliphatic rings. The van der Waals surface area contributed by atoms with E-state index in [0.717, 1.165) is 18.4 Å². The number of carbonyl (C=O) groups excluding carboxylic acids is 2. The van der Waals surface area contributed by atoms with Gasteiger partial charge in [-0.1, -0.05) is 89.3 Å². The van der Waals surface area contributed by atoms with Crippen LogP contribution in [0.2, 0.25) is 0 Å².